The minimum Gasteiger partial charge on any atom is -0.496 e. The molecule has 0 saturated carbocycles. The first-order valence-electron chi connectivity index (χ1n) is 11.3. The quantitative estimate of drug-likeness (QED) is 0.431. The van der Waals surface area contributed by atoms with Crippen LogP contribution in [0.25, 0.3) is 11.1 Å². The van der Waals surface area contributed by atoms with Crippen molar-refractivity contribution < 1.29 is 22.1 Å². The van der Waals surface area contributed by atoms with Crippen LogP contribution < -0.4 is 4.74 Å². The number of methoxy groups -OCH3 is 1. The first-order chi connectivity index (χ1) is 16.3. The van der Waals surface area contributed by atoms with Crippen LogP contribution >= 0.6 is 0 Å². The van der Waals surface area contributed by atoms with Crippen molar-refractivity contribution in [3.05, 3.63) is 83.4 Å². The maximum Gasteiger partial charge on any atom is 0.297 e. The number of benzene rings is 3. The van der Waals surface area contributed by atoms with E-state index >= 15 is 0 Å². The molecule has 178 valence electrons. The fourth-order valence-corrected chi connectivity index (χ4v) is 5.15. The number of likely N-dealkylation sites (tertiary alicyclic amines) is 1. The van der Waals surface area contributed by atoms with Crippen LogP contribution in [-0.2, 0) is 25.6 Å². The zero-order valence-electron chi connectivity index (χ0n) is 19.7. The van der Waals surface area contributed by atoms with Gasteiger partial charge >= 0.3 is 0 Å². The van der Waals surface area contributed by atoms with E-state index in [1.165, 1.54) is 12.1 Å². The van der Waals surface area contributed by atoms with Crippen LogP contribution in [0.3, 0.4) is 0 Å². The van der Waals surface area contributed by atoms with Gasteiger partial charge in [-0.3, -0.25) is 8.98 Å². The van der Waals surface area contributed by atoms with Gasteiger partial charge in [-0.2, -0.15) is 8.42 Å². The van der Waals surface area contributed by atoms with Crippen molar-refractivity contribution in [2.45, 2.75) is 44.2 Å². The summed E-state index contributed by atoms with van der Waals surface area (Å²) in [6.45, 7) is 4.24. The van der Waals surface area contributed by atoms with Gasteiger partial charge in [0.1, 0.15) is 5.75 Å². The van der Waals surface area contributed by atoms with Crippen molar-refractivity contribution in [2.75, 3.05) is 13.7 Å². The van der Waals surface area contributed by atoms with E-state index in [2.05, 4.69) is 6.07 Å². The molecule has 4 rings (SSSR count). The van der Waals surface area contributed by atoms with E-state index in [4.69, 9.17) is 8.92 Å². The number of hydrogen-bond donors (Lipinski definition) is 0. The second-order valence-electron chi connectivity index (χ2n) is 8.67. The van der Waals surface area contributed by atoms with Crippen LogP contribution in [0.2, 0.25) is 0 Å². The Hall–Kier alpha value is -3.16. The molecule has 3 aromatic carbocycles. The van der Waals surface area contributed by atoms with Crippen molar-refractivity contribution in [3.8, 4) is 16.9 Å². The molecule has 0 N–H and O–H groups in total. The van der Waals surface area contributed by atoms with Crippen LogP contribution in [0.1, 0.15) is 29.5 Å². The van der Waals surface area contributed by atoms with Crippen molar-refractivity contribution in [3.63, 3.8) is 0 Å². The Balaban J connectivity index is 1.51. The lowest BCUT2D eigenvalue weighted by Gasteiger charge is -2.25. The minimum absolute atomic E-state index is 0.00532. The van der Waals surface area contributed by atoms with E-state index in [0.29, 0.717) is 19.4 Å². The molecule has 1 amide bonds. The molecule has 34 heavy (non-hydrogen) atoms. The molecule has 0 aromatic heterocycles. The lowest BCUT2D eigenvalue weighted by Crippen LogP contribution is -2.36. The topological polar surface area (TPSA) is 72.9 Å². The third-order valence-corrected chi connectivity index (χ3v) is 7.42. The monoisotopic (exact) mass is 479 g/mol. The average molecular weight is 480 g/mol. The van der Waals surface area contributed by atoms with Crippen LogP contribution in [0.5, 0.6) is 5.75 Å². The van der Waals surface area contributed by atoms with Gasteiger partial charge in [0.2, 0.25) is 5.91 Å². The van der Waals surface area contributed by atoms with Crippen LogP contribution in [0, 0.1) is 13.8 Å². The number of ether oxygens (including phenoxy) is 1. The Morgan fingerprint density at radius 3 is 2.44 bits per heavy atom. The number of aryl methyl sites for hydroxylation is 2. The van der Waals surface area contributed by atoms with Gasteiger partial charge in [-0.25, -0.2) is 0 Å². The van der Waals surface area contributed by atoms with Gasteiger partial charge in [-0.1, -0.05) is 53.6 Å². The van der Waals surface area contributed by atoms with E-state index in [1.807, 2.05) is 50.2 Å². The van der Waals surface area contributed by atoms with Crippen LogP contribution in [-0.4, -0.2) is 39.0 Å². The Kier molecular flexibility index (Phi) is 7.05. The SMILES string of the molecule is COc1ccc(CN2C(=O)CC[C@@H]2COS(=O)(=O)c2ccc(C)cc2)cc1-c1cccc(C)c1. The van der Waals surface area contributed by atoms with E-state index in [0.717, 1.165) is 33.6 Å². The third kappa shape index (κ3) is 5.32. The zero-order valence-corrected chi connectivity index (χ0v) is 20.5. The second-order valence-corrected chi connectivity index (χ2v) is 10.3. The minimum atomic E-state index is -3.89. The molecule has 1 heterocycles. The summed E-state index contributed by atoms with van der Waals surface area (Å²) < 4.78 is 36.1. The van der Waals surface area contributed by atoms with Gasteiger partial charge in [-0.05, 0) is 55.7 Å². The van der Waals surface area contributed by atoms with E-state index in [1.54, 1.807) is 24.1 Å². The Labute approximate surface area is 201 Å². The van der Waals surface area contributed by atoms with Crippen molar-refractivity contribution in [2.24, 2.45) is 0 Å². The molecule has 6 nitrogen and oxygen atoms in total. The van der Waals surface area contributed by atoms with E-state index < -0.39 is 10.1 Å². The Morgan fingerprint density at radius 1 is 0.971 bits per heavy atom. The summed E-state index contributed by atoms with van der Waals surface area (Å²) >= 11 is 0. The predicted molar refractivity (Wildman–Crippen MR) is 131 cm³/mol. The fraction of sp³-hybridized carbons (Fsp3) is 0.296. The van der Waals surface area contributed by atoms with Crippen molar-refractivity contribution >= 4 is 16.0 Å². The predicted octanol–water partition coefficient (Wildman–Crippen LogP) is 4.88. The first-order valence-corrected chi connectivity index (χ1v) is 12.7. The van der Waals surface area contributed by atoms with Gasteiger partial charge in [-0.15, -0.1) is 0 Å². The third-order valence-electron chi connectivity index (χ3n) is 6.12. The summed E-state index contributed by atoms with van der Waals surface area (Å²) in [7, 11) is -2.25. The standard InChI is InChI=1S/C27H29NO5S/c1-19-7-11-24(12-8-19)34(30,31)33-18-23-10-14-27(29)28(23)17-21-9-13-26(32-3)25(16-21)22-6-4-5-20(2)15-22/h4-9,11-13,15-16,23H,10,14,17-18H2,1-3H3/t23-/m1/s1. The molecular weight excluding hydrogens is 450 g/mol. The summed E-state index contributed by atoms with van der Waals surface area (Å²) in [5.74, 6) is 0.750. The Bertz CT molecular complexity index is 1280. The molecular formula is C27H29NO5S. The van der Waals surface area contributed by atoms with Gasteiger partial charge < -0.3 is 9.64 Å². The lowest BCUT2D eigenvalue weighted by molar-refractivity contribution is -0.129. The van der Waals surface area contributed by atoms with Crippen LogP contribution in [0.4, 0.5) is 0 Å². The molecule has 0 bridgehead atoms. The summed E-state index contributed by atoms with van der Waals surface area (Å²) in [5, 5.41) is 0. The lowest BCUT2D eigenvalue weighted by atomic mass is 10.00. The summed E-state index contributed by atoms with van der Waals surface area (Å²) in [5.41, 5.74) is 5.04. The highest BCUT2D eigenvalue weighted by atomic mass is 32.2. The van der Waals surface area contributed by atoms with Gasteiger partial charge in [0.25, 0.3) is 10.1 Å². The summed E-state index contributed by atoms with van der Waals surface area (Å²) in [4.78, 5) is 14.5. The molecule has 1 saturated heterocycles. The van der Waals surface area contributed by atoms with Crippen molar-refractivity contribution in [1.29, 1.82) is 0 Å². The fourth-order valence-electron chi connectivity index (χ4n) is 4.21. The molecule has 1 aliphatic rings. The average Bonchev–Trinajstić information content (AvgIpc) is 3.17. The maximum absolute atomic E-state index is 12.6. The highest BCUT2D eigenvalue weighted by Gasteiger charge is 2.32. The van der Waals surface area contributed by atoms with Gasteiger partial charge in [0.15, 0.2) is 0 Å². The molecule has 0 radical (unpaired) electrons. The summed E-state index contributed by atoms with van der Waals surface area (Å²) in [6, 6.07) is 20.3. The molecule has 1 fully saturated rings. The maximum atomic E-state index is 12.6. The highest BCUT2D eigenvalue weighted by Crippen LogP contribution is 2.33. The van der Waals surface area contributed by atoms with Crippen molar-refractivity contribution in [1.82, 2.24) is 4.90 Å². The number of rotatable bonds is 8. The zero-order chi connectivity index (χ0) is 24.3. The second kappa shape index (κ2) is 9.99. The van der Waals surface area contributed by atoms with Gasteiger partial charge in [0, 0.05) is 18.5 Å². The highest BCUT2D eigenvalue weighted by molar-refractivity contribution is 7.86. The van der Waals surface area contributed by atoms with E-state index in [-0.39, 0.29) is 23.5 Å². The normalized spacial score (nSPS) is 16.1. The first kappa shape index (κ1) is 24.0. The molecule has 0 unspecified atom stereocenters. The molecule has 3 aromatic rings. The molecule has 0 aliphatic carbocycles. The number of carbonyl (C=O) groups excluding carboxylic acids is 1. The number of amides is 1. The molecule has 1 aliphatic heterocycles. The molecule has 7 heteroatoms. The number of carbonyl (C=O) groups is 1. The van der Waals surface area contributed by atoms with E-state index in [9.17, 15) is 13.2 Å². The Morgan fingerprint density at radius 2 is 1.74 bits per heavy atom. The smallest absolute Gasteiger partial charge is 0.297 e. The number of nitrogens with zero attached hydrogens (tertiary/aromatic N) is 1. The molecule has 0 spiro atoms. The summed E-state index contributed by atoms with van der Waals surface area (Å²) in [6.07, 6.45) is 0.933. The van der Waals surface area contributed by atoms with Crippen LogP contribution in [0.15, 0.2) is 71.6 Å². The largest absolute Gasteiger partial charge is 0.496 e. The molecule has 1 atom stereocenters. The number of hydrogen-bond acceptors (Lipinski definition) is 5. The van der Waals surface area contributed by atoms with Gasteiger partial charge in [0.05, 0.1) is 24.7 Å².